The van der Waals surface area contributed by atoms with Crippen molar-refractivity contribution in [2.24, 2.45) is 15.7 Å². The number of amidine groups is 1. The van der Waals surface area contributed by atoms with E-state index in [-0.39, 0.29) is 12.1 Å². The van der Waals surface area contributed by atoms with E-state index in [0.29, 0.717) is 6.61 Å². The summed E-state index contributed by atoms with van der Waals surface area (Å²) in [4.78, 5) is 7.55. The first kappa shape index (κ1) is 12.9. The number of nitrogens with zero attached hydrogens (tertiary/aromatic N) is 2. The molecule has 0 fully saturated rings. The molecule has 1 aliphatic heterocycles. The van der Waals surface area contributed by atoms with E-state index in [1.165, 1.54) is 0 Å². The molecule has 0 aromatic rings. The first-order valence-electron chi connectivity index (χ1n) is 5.73. The van der Waals surface area contributed by atoms with E-state index in [1.807, 2.05) is 18.2 Å². The summed E-state index contributed by atoms with van der Waals surface area (Å²) < 4.78 is 23.5. The molecule has 2 N–H and O–H groups in total. The van der Waals surface area contributed by atoms with Crippen LogP contribution in [0.5, 0.6) is 0 Å². The van der Waals surface area contributed by atoms with Gasteiger partial charge in [0.05, 0.1) is 6.10 Å². The van der Waals surface area contributed by atoms with Crippen LogP contribution in [0.25, 0.3) is 0 Å². The molecule has 0 radical (unpaired) electrons. The number of nitrogens with two attached hydrogens (primary N) is 1. The highest BCUT2D eigenvalue weighted by Gasteiger charge is 2.19. The van der Waals surface area contributed by atoms with Crippen LogP contribution in [0, 0.1) is 0 Å². The van der Waals surface area contributed by atoms with Crippen molar-refractivity contribution in [1.82, 2.24) is 0 Å². The summed E-state index contributed by atoms with van der Waals surface area (Å²) >= 11 is 0. The van der Waals surface area contributed by atoms with Crippen molar-refractivity contribution < 1.29 is 13.9 Å². The molecule has 0 spiro atoms. The molecule has 0 amide bonds. The SMILES string of the molecule is COC1C=CC(COC2=NC(N)[C@H](F)C=N2)=CC1. The van der Waals surface area contributed by atoms with E-state index < -0.39 is 12.3 Å². The normalized spacial score (nSPS) is 30.9. The number of hydrogen-bond donors (Lipinski definition) is 1. The van der Waals surface area contributed by atoms with E-state index in [1.54, 1.807) is 7.11 Å². The Kier molecular flexibility index (Phi) is 4.22. The minimum absolute atomic E-state index is 0.125. The van der Waals surface area contributed by atoms with E-state index in [0.717, 1.165) is 18.2 Å². The standard InChI is InChI=1S/C12H16FN3O2/c1-17-9-4-2-8(3-5-9)7-18-12-15-6-10(13)11(14)16-12/h2-4,6,9-11H,5,7,14H2,1H3/t9?,10-,11?/m1/s1. The minimum atomic E-state index is -1.34. The first-order valence-corrected chi connectivity index (χ1v) is 5.73. The van der Waals surface area contributed by atoms with E-state index in [2.05, 4.69) is 9.98 Å². The summed E-state index contributed by atoms with van der Waals surface area (Å²) in [6, 6.07) is 0.125. The van der Waals surface area contributed by atoms with Gasteiger partial charge in [0.2, 0.25) is 0 Å². The maximum Gasteiger partial charge on any atom is 0.313 e. The monoisotopic (exact) mass is 253 g/mol. The van der Waals surface area contributed by atoms with Crippen molar-refractivity contribution in [1.29, 1.82) is 0 Å². The molecular weight excluding hydrogens is 237 g/mol. The van der Waals surface area contributed by atoms with Gasteiger partial charge in [-0.05, 0) is 12.0 Å². The molecule has 1 aliphatic carbocycles. The number of rotatable bonds is 3. The smallest absolute Gasteiger partial charge is 0.313 e. The molecular formula is C12H16FN3O2. The van der Waals surface area contributed by atoms with Crippen LogP contribution < -0.4 is 5.73 Å². The summed E-state index contributed by atoms with van der Waals surface area (Å²) in [5.41, 5.74) is 6.45. The minimum Gasteiger partial charge on any atom is -0.459 e. The van der Waals surface area contributed by atoms with E-state index in [9.17, 15) is 4.39 Å². The lowest BCUT2D eigenvalue weighted by Crippen LogP contribution is -2.35. The first-order chi connectivity index (χ1) is 8.69. The van der Waals surface area contributed by atoms with Gasteiger partial charge in [0.25, 0.3) is 0 Å². The van der Waals surface area contributed by atoms with Crippen LogP contribution in [0.15, 0.2) is 33.8 Å². The number of aliphatic imine (C=N–C) groups is 2. The summed E-state index contributed by atoms with van der Waals surface area (Å²) in [5.74, 6) is 0. The molecule has 0 aromatic carbocycles. The zero-order valence-corrected chi connectivity index (χ0v) is 10.1. The predicted octanol–water partition coefficient (Wildman–Crippen LogP) is 0.968. The Balaban J connectivity index is 1.83. The largest absolute Gasteiger partial charge is 0.459 e. The van der Waals surface area contributed by atoms with Gasteiger partial charge in [-0.15, -0.1) is 0 Å². The molecule has 0 saturated carbocycles. The quantitative estimate of drug-likeness (QED) is 0.814. The van der Waals surface area contributed by atoms with Gasteiger partial charge in [-0.25, -0.2) is 14.4 Å². The molecule has 5 nitrogen and oxygen atoms in total. The van der Waals surface area contributed by atoms with Gasteiger partial charge >= 0.3 is 6.02 Å². The third-order valence-electron chi connectivity index (χ3n) is 2.72. The number of hydrogen-bond acceptors (Lipinski definition) is 5. The Labute approximate surface area is 105 Å². The number of ether oxygens (including phenoxy) is 2. The molecule has 2 aliphatic rings. The molecule has 0 bridgehead atoms. The molecule has 1 heterocycles. The van der Waals surface area contributed by atoms with Crippen LogP contribution in [0.4, 0.5) is 4.39 Å². The van der Waals surface area contributed by atoms with Gasteiger partial charge in [-0.3, -0.25) is 0 Å². The topological polar surface area (TPSA) is 69.2 Å². The average molecular weight is 253 g/mol. The summed E-state index contributed by atoms with van der Waals surface area (Å²) in [6.07, 6.45) is 5.71. The third kappa shape index (κ3) is 3.24. The molecule has 98 valence electrons. The van der Waals surface area contributed by atoms with Crippen LogP contribution in [0.2, 0.25) is 0 Å². The average Bonchev–Trinajstić information content (AvgIpc) is 2.41. The van der Waals surface area contributed by atoms with Crippen molar-refractivity contribution in [2.45, 2.75) is 24.9 Å². The highest BCUT2D eigenvalue weighted by molar-refractivity contribution is 5.87. The molecule has 0 saturated heterocycles. The number of halogens is 1. The van der Waals surface area contributed by atoms with Gasteiger partial charge in [0, 0.05) is 13.3 Å². The summed E-state index contributed by atoms with van der Waals surface area (Å²) in [6.45, 7) is 0.340. The Morgan fingerprint density at radius 1 is 1.56 bits per heavy atom. The van der Waals surface area contributed by atoms with Crippen molar-refractivity contribution in [3.05, 3.63) is 23.8 Å². The Bertz CT molecular complexity index is 418. The van der Waals surface area contributed by atoms with E-state index in [4.69, 9.17) is 15.2 Å². The van der Waals surface area contributed by atoms with Gasteiger partial charge in [-0.2, -0.15) is 0 Å². The van der Waals surface area contributed by atoms with Gasteiger partial charge in [0.1, 0.15) is 12.8 Å². The zero-order chi connectivity index (χ0) is 13.0. The maximum atomic E-state index is 13.0. The lowest BCUT2D eigenvalue weighted by molar-refractivity contribution is 0.142. The van der Waals surface area contributed by atoms with Crippen molar-refractivity contribution in [3.63, 3.8) is 0 Å². The van der Waals surface area contributed by atoms with Crippen molar-refractivity contribution in [3.8, 4) is 0 Å². The fourth-order valence-corrected chi connectivity index (χ4v) is 1.60. The lowest BCUT2D eigenvalue weighted by atomic mass is 10.1. The van der Waals surface area contributed by atoms with Crippen molar-refractivity contribution in [2.75, 3.05) is 13.7 Å². The zero-order valence-electron chi connectivity index (χ0n) is 10.1. The highest BCUT2D eigenvalue weighted by atomic mass is 19.1. The second-order valence-corrected chi connectivity index (χ2v) is 4.06. The second kappa shape index (κ2) is 5.88. The molecule has 18 heavy (non-hydrogen) atoms. The Morgan fingerprint density at radius 2 is 2.39 bits per heavy atom. The van der Waals surface area contributed by atoms with Gasteiger partial charge in [0.15, 0.2) is 6.17 Å². The predicted molar refractivity (Wildman–Crippen MR) is 67.4 cm³/mol. The summed E-state index contributed by atoms with van der Waals surface area (Å²) in [7, 11) is 1.67. The van der Waals surface area contributed by atoms with Crippen LogP contribution in [0.1, 0.15) is 6.42 Å². The molecule has 2 unspecified atom stereocenters. The van der Waals surface area contributed by atoms with Gasteiger partial charge < -0.3 is 15.2 Å². The molecule has 3 atom stereocenters. The van der Waals surface area contributed by atoms with E-state index >= 15 is 0 Å². The Morgan fingerprint density at radius 3 is 3.00 bits per heavy atom. The maximum absolute atomic E-state index is 13.0. The summed E-state index contributed by atoms with van der Waals surface area (Å²) in [5, 5.41) is 0. The molecule has 6 heteroatoms. The Hall–Kier alpha value is -1.53. The van der Waals surface area contributed by atoms with Gasteiger partial charge in [-0.1, -0.05) is 18.2 Å². The fourth-order valence-electron chi connectivity index (χ4n) is 1.60. The van der Waals surface area contributed by atoms with Crippen molar-refractivity contribution >= 4 is 12.2 Å². The molecule has 2 rings (SSSR count). The third-order valence-corrected chi connectivity index (χ3v) is 2.72. The van der Waals surface area contributed by atoms with Crippen LogP contribution in [-0.2, 0) is 9.47 Å². The van der Waals surface area contributed by atoms with Crippen LogP contribution in [-0.4, -0.2) is 44.4 Å². The van der Waals surface area contributed by atoms with Crippen LogP contribution >= 0.6 is 0 Å². The number of alkyl halides is 1. The highest BCUT2D eigenvalue weighted by Crippen LogP contribution is 2.13. The second-order valence-electron chi connectivity index (χ2n) is 4.06. The lowest BCUT2D eigenvalue weighted by Gasteiger charge is -2.17. The molecule has 0 aromatic heterocycles. The fraction of sp³-hybridized carbons (Fsp3) is 0.500. The number of methoxy groups -OCH3 is 1. The van der Waals surface area contributed by atoms with Crippen LogP contribution in [0.3, 0.4) is 0 Å².